The van der Waals surface area contributed by atoms with Gasteiger partial charge in [0, 0.05) is 17.6 Å². The number of fused-ring (bicyclic) bond motifs is 3. The number of hydrogen-bond acceptors (Lipinski definition) is 5. The Morgan fingerprint density at radius 2 is 1.79 bits per heavy atom. The largest absolute Gasteiger partial charge is 0.393 e. The number of anilines is 1. The molecule has 2 bridgehead atoms. The summed E-state index contributed by atoms with van der Waals surface area (Å²) in [4.78, 5) is 2.45. The van der Waals surface area contributed by atoms with E-state index in [0.29, 0.717) is 12.1 Å². The minimum atomic E-state index is -0.178. The fourth-order valence-corrected chi connectivity index (χ4v) is 4.29. The van der Waals surface area contributed by atoms with Gasteiger partial charge in [0.1, 0.15) is 6.33 Å². The van der Waals surface area contributed by atoms with E-state index in [9.17, 15) is 5.11 Å². The summed E-state index contributed by atoms with van der Waals surface area (Å²) >= 11 is 0. The second kappa shape index (κ2) is 5.27. The van der Waals surface area contributed by atoms with Crippen molar-refractivity contribution in [1.82, 2.24) is 19.8 Å². The molecule has 5 rings (SSSR count). The summed E-state index contributed by atoms with van der Waals surface area (Å²) in [5, 5.41) is 23.1. The summed E-state index contributed by atoms with van der Waals surface area (Å²) in [6, 6.07) is 13.1. The van der Waals surface area contributed by atoms with Crippen LogP contribution in [0.3, 0.4) is 0 Å². The highest BCUT2D eigenvalue weighted by Gasteiger charge is 2.41. The summed E-state index contributed by atoms with van der Waals surface area (Å²) in [6.07, 6.45) is 5.41. The molecule has 122 valence electrons. The van der Waals surface area contributed by atoms with Gasteiger partial charge in [-0.15, -0.1) is 10.2 Å². The lowest BCUT2D eigenvalue weighted by atomic mass is 9.99. The molecule has 2 saturated heterocycles. The lowest BCUT2D eigenvalue weighted by Gasteiger charge is -2.38. The summed E-state index contributed by atoms with van der Waals surface area (Å²) < 4.78 is 1.77. The summed E-state index contributed by atoms with van der Waals surface area (Å²) in [5.41, 5.74) is 3.88. The monoisotopic (exact) mass is 321 g/mol. The van der Waals surface area contributed by atoms with Gasteiger partial charge in [0.05, 0.1) is 17.5 Å². The second-order valence-electron chi connectivity index (χ2n) is 6.80. The first kappa shape index (κ1) is 13.9. The van der Waals surface area contributed by atoms with Gasteiger partial charge in [-0.25, -0.2) is 0 Å². The number of nitrogens with zero attached hydrogens (tertiary/aromatic N) is 5. The smallest absolute Gasteiger partial charge is 0.200 e. The van der Waals surface area contributed by atoms with Crippen molar-refractivity contribution in [1.29, 1.82) is 0 Å². The molecule has 6 heteroatoms. The molecular weight excluding hydrogens is 302 g/mol. The second-order valence-corrected chi connectivity index (χ2v) is 6.80. The zero-order valence-electron chi connectivity index (χ0n) is 13.3. The molecule has 0 spiro atoms. The van der Waals surface area contributed by atoms with Crippen molar-refractivity contribution < 1.29 is 5.11 Å². The van der Waals surface area contributed by atoms with Crippen LogP contribution in [0.1, 0.15) is 25.7 Å². The van der Waals surface area contributed by atoms with Gasteiger partial charge >= 0.3 is 0 Å². The fourth-order valence-electron chi connectivity index (χ4n) is 4.29. The van der Waals surface area contributed by atoms with E-state index in [0.717, 1.165) is 48.3 Å². The van der Waals surface area contributed by atoms with Gasteiger partial charge in [-0.1, -0.05) is 30.3 Å². The van der Waals surface area contributed by atoms with E-state index in [-0.39, 0.29) is 6.10 Å². The van der Waals surface area contributed by atoms with E-state index >= 15 is 0 Å². The van der Waals surface area contributed by atoms with Gasteiger partial charge in [-0.05, 0) is 31.7 Å². The lowest BCUT2D eigenvalue weighted by molar-refractivity contribution is 0.126. The summed E-state index contributed by atoms with van der Waals surface area (Å²) in [6.45, 7) is 0. The SMILES string of the molecule is OC1C[C@H]2CC[C@@H](C1)N2c1cc(-c2ccccc2)nn2cnnc12. The molecule has 2 aromatic heterocycles. The normalized spacial score (nSPS) is 26.2. The molecule has 0 amide bonds. The first-order valence-electron chi connectivity index (χ1n) is 8.52. The highest BCUT2D eigenvalue weighted by atomic mass is 16.3. The van der Waals surface area contributed by atoms with E-state index in [1.807, 2.05) is 18.2 Å². The fraction of sp³-hybridized carbons (Fsp3) is 0.389. The van der Waals surface area contributed by atoms with E-state index < -0.39 is 0 Å². The molecule has 3 atom stereocenters. The number of hydrogen-bond donors (Lipinski definition) is 1. The maximum atomic E-state index is 10.1. The highest BCUT2D eigenvalue weighted by molar-refractivity contribution is 5.75. The predicted molar refractivity (Wildman–Crippen MR) is 90.7 cm³/mol. The molecule has 2 fully saturated rings. The molecule has 1 unspecified atom stereocenters. The Morgan fingerprint density at radius 3 is 2.54 bits per heavy atom. The molecule has 1 aromatic carbocycles. The van der Waals surface area contributed by atoms with Gasteiger partial charge in [0.2, 0.25) is 5.65 Å². The molecular formula is C18H19N5O. The average Bonchev–Trinajstić information content (AvgIpc) is 3.18. The van der Waals surface area contributed by atoms with Crippen molar-refractivity contribution in [2.75, 3.05) is 4.90 Å². The van der Waals surface area contributed by atoms with Crippen molar-refractivity contribution >= 4 is 11.3 Å². The number of benzene rings is 1. The third-order valence-electron chi connectivity index (χ3n) is 5.30. The van der Waals surface area contributed by atoms with Crippen LogP contribution in [0, 0.1) is 0 Å². The van der Waals surface area contributed by atoms with Crippen LogP contribution in [0.2, 0.25) is 0 Å². The standard InChI is InChI=1S/C18H19N5O/c24-15-8-13-6-7-14(9-15)23(13)17-10-16(12-4-2-1-3-5-12)21-22-11-19-20-18(17)22/h1-5,10-11,13-15,24H,6-9H2/t13-,14+,15?. The number of piperidine rings is 1. The first-order chi connectivity index (χ1) is 11.8. The van der Waals surface area contributed by atoms with Gasteiger partial charge < -0.3 is 10.0 Å². The van der Waals surface area contributed by atoms with Crippen molar-refractivity contribution in [2.24, 2.45) is 0 Å². The Morgan fingerprint density at radius 1 is 1.04 bits per heavy atom. The highest BCUT2D eigenvalue weighted by Crippen LogP contribution is 2.41. The van der Waals surface area contributed by atoms with Gasteiger partial charge in [0.25, 0.3) is 0 Å². The van der Waals surface area contributed by atoms with Crippen molar-refractivity contribution in [2.45, 2.75) is 43.9 Å². The number of aromatic nitrogens is 4. The molecule has 24 heavy (non-hydrogen) atoms. The van der Waals surface area contributed by atoms with Crippen LogP contribution in [-0.4, -0.2) is 43.1 Å². The molecule has 2 aliphatic rings. The Kier molecular flexibility index (Phi) is 3.06. The molecule has 0 aliphatic carbocycles. The van der Waals surface area contributed by atoms with Crippen molar-refractivity contribution in [3.63, 3.8) is 0 Å². The van der Waals surface area contributed by atoms with Gasteiger partial charge in [-0.2, -0.15) is 9.61 Å². The topological polar surface area (TPSA) is 66.5 Å². The maximum Gasteiger partial charge on any atom is 0.200 e. The van der Waals surface area contributed by atoms with Gasteiger partial charge in [0.15, 0.2) is 0 Å². The van der Waals surface area contributed by atoms with Crippen LogP contribution in [0.15, 0.2) is 42.7 Å². The minimum absolute atomic E-state index is 0.178. The Labute approximate surface area is 139 Å². The minimum Gasteiger partial charge on any atom is -0.393 e. The summed E-state index contributed by atoms with van der Waals surface area (Å²) in [5.74, 6) is 0. The van der Waals surface area contributed by atoms with Gasteiger partial charge in [-0.3, -0.25) is 0 Å². The number of aliphatic hydroxyl groups is 1. The van der Waals surface area contributed by atoms with Crippen LogP contribution in [0.5, 0.6) is 0 Å². The van der Waals surface area contributed by atoms with E-state index in [2.05, 4.69) is 38.4 Å². The number of rotatable bonds is 2. The van der Waals surface area contributed by atoms with E-state index in [4.69, 9.17) is 0 Å². The van der Waals surface area contributed by atoms with Crippen LogP contribution in [0.25, 0.3) is 16.9 Å². The Balaban J connectivity index is 1.67. The van der Waals surface area contributed by atoms with E-state index in [1.54, 1.807) is 10.8 Å². The maximum absolute atomic E-state index is 10.1. The number of aliphatic hydroxyl groups excluding tert-OH is 1. The third kappa shape index (κ3) is 2.10. The molecule has 2 aliphatic heterocycles. The average molecular weight is 321 g/mol. The molecule has 3 aromatic rings. The van der Waals surface area contributed by atoms with Crippen molar-refractivity contribution in [3.8, 4) is 11.3 Å². The Bertz CT molecular complexity index is 864. The van der Waals surface area contributed by atoms with Crippen molar-refractivity contribution in [3.05, 3.63) is 42.7 Å². The molecule has 4 heterocycles. The third-order valence-corrected chi connectivity index (χ3v) is 5.30. The lowest BCUT2D eigenvalue weighted by Crippen LogP contribution is -2.45. The quantitative estimate of drug-likeness (QED) is 0.784. The molecule has 1 N–H and O–H groups in total. The first-order valence-corrected chi connectivity index (χ1v) is 8.52. The molecule has 6 nitrogen and oxygen atoms in total. The molecule has 0 saturated carbocycles. The zero-order chi connectivity index (χ0) is 16.1. The van der Waals surface area contributed by atoms with Crippen LogP contribution < -0.4 is 4.90 Å². The Hall–Kier alpha value is -2.47. The zero-order valence-corrected chi connectivity index (χ0v) is 13.3. The summed E-state index contributed by atoms with van der Waals surface area (Å²) in [7, 11) is 0. The van der Waals surface area contributed by atoms with Crippen LogP contribution in [0.4, 0.5) is 5.69 Å². The van der Waals surface area contributed by atoms with Crippen LogP contribution >= 0.6 is 0 Å². The predicted octanol–water partition coefficient (Wildman–Crippen LogP) is 2.28. The molecule has 0 radical (unpaired) electrons. The van der Waals surface area contributed by atoms with E-state index in [1.165, 1.54) is 0 Å². The van der Waals surface area contributed by atoms with Crippen LogP contribution in [-0.2, 0) is 0 Å².